The van der Waals surface area contributed by atoms with E-state index in [2.05, 4.69) is 23.5 Å². The molecule has 1 N–H and O–H groups in total. The van der Waals surface area contributed by atoms with E-state index < -0.39 is 0 Å². The van der Waals surface area contributed by atoms with Crippen LogP contribution < -0.4 is 14.8 Å². The largest absolute Gasteiger partial charge is 0.489 e. The van der Waals surface area contributed by atoms with Crippen molar-refractivity contribution < 1.29 is 9.47 Å². The van der Waals surface area contributed by atoms with Gasteiger partial charge in [0.25, 0.3) is 0 Å². The molecule has 0 spiro atoms. The third-order valence-electron chi connectivity index (χ3n) is 5.01. The highest BCUT2D eigenvalue weighted by Crippen LogP contribution is 2.43. The van der Waals surface area contributed by atoms with Gasteiger partial charge in [0, 0.05) is 13.0 Å². The fraction of sp³-hybridized carbons (Fsp3) is 0.556. The molecule has 118 valence electrons. The molecule has 1 saturated carbocycles. The Hall–Kier alpha value is -1.19. The van der Waals surface area contributed by atoms with Gasteiger partial charge in [0.15, 0.2) is 11.5 Å². The summed E-state index contributed by atoms with van der Waals surface area (Å²) in [5.41, 5.74) is 1.16. The molecule has 0 saturated heterocycles. The van der Waals surface area contributed by atoms with Gasteiger partial charge in [0.1, 0.15) is 0 Å². The summed E-state index contributed by atoms with van der Waals surface area (Å²) in [6.07, 6.45) is 8.41. The number of rotatable bonds is 4. The van der Waals surface area contributed by atoms with Gasteiger partial charge in [0.2, 0.25) is 0 Å². The SMILES string of the molecule is Clc1cc(CNC[C@H]2C[C@H]3C=C[C@H]2C3)cc2c1OCCCO2. The smallest absolute Gasteiger partial charge is 0.179 e. The Morgan fingerprint density at radius 3 is 2.86 bits per heavy atom. The zero-order valence-corrected chi connectivity index (χ0v) is 13.4. The van der Waals surface area contributed by atoms with Crippen LogP contribution in [0.4, 0.5) is 0 Å². The second-order valence-corrected chi connectivity index (χ2v) is 7.03. The highest BCUT2D eigenvalue weighted by atomic mass is 35.5. The first kappa shape index (κ1) is 14.4. The summed E-state index contributed by atoms with van der Waals surface area (Å²) in [5, 5.41) is 4.24. The van der Waals surface area contributed by atoms with Gasteiger partial charge in [-0.05, 0) is 54.8 Å². The van der Waals surface area contributed by atoms with E-state index in [1.54, 1.807) is 0 Å². The maximum atomic E-state index is 6.34. The normalized spacial score (nSPS) is 28.9. The highest BCUT2D eigenvalue weighted by Gasteiger charge is 2.34. The molecule has 4 rings (SSSR count). The number of fused-ring (bicyclic) bond motifs is 3. The van der Waals surface area contributed by atoms with E-state index in [9.17, 15) is 0 Å². The van der Waals surface area contributed by atoms with Crippen LogP contribution in [0.15, 0.2) is 24.3 Å². The van der Waals surface area contributed by atoms with Crippen molar-refractivity contribution in [3.05, 3.63) is 34.9 Å². The lowest BCUT2D eigenvalue weighted by Crippen LogP contribution is -2.25. The molecule has 3 nitrogen and oxygen atoms in total. The fourth-order valence-corrected chi connectivity index (χ4v) is 4.21. The molecule has 3 atom stereocenters. The molecule has 22 heavy (non-hydrogen) atoms. The first-order chi connectivity index (χ1) is 10.8. The Balaban J connectivity index is 1.37. The van der Waals surface area contributed by atoms with Crippen LogP contribution in [-0.4, -0.2) is 19.8 Å². The highest BCUT2D eigenvalue weighted by molar-refractivity contribution is 6.32. The lowest BCUT2D eigenvalue weighted by atomic mass is 9.93. The molecule has 4 heteroatoms. The predicted octanol–water partition coefficient (Wildman–Crippen LogP) is 3.80. The van der Waals surface area contributed by atoms with E-state index in [1.165, 1.54) is 12.8 Å². The fourth-order valence-electron chi connectivity index (χ4n) is 3.92. The molecular weight excluding hydrogens is 298 g/mol. The van der Waals surface area contributed by atoms with Crippen molar-refractivity contribution in [2.24, 2.45) is 17.8 Å². The van der Waals surface area contributed by atoms with Crippen LogP contribution in [0, 0.1) is 17.8 Å². The Kier molecular flexibility index (Phi) is 4.01. The van der Waals surface area contributed by atoms with Gasteiger partial charge >= 0.3 is 0 Å². The summed E-state index contributed by atoms with van der Waals surface area (Å²) in [7, 11) is 0. The number of hydrogen-bond acceptors (Lipinski definition) is 3. The van der Waals surface area contributed by atoms with E-state index in [1.807, 2.05) is 6.07 Å². The summed E-state index contributed by atoms with van der Waals surface area (Å²) < 4.78 is 11.4. The van der Waals surface area contributed by atoms with E-state index in [4.69, 9.17) is 21.1 Å². The standard InChI is InChI=1S/C18H22ClNO2/c19-16-8-13(9-17-18(16)22-5-1-4-21-17)10-20-11-15-7-12-2-3-14(15)6-12/h2-3,8-9,12,14-15,20H,1,4-7,10-11H2/t12-,14-,15+/m0/s1. The molecule has 0 aromatic heterocycles. The summed E-state index contributed by atoms with van der Waals surface area (Å²) >= 11 is 6.34. The second kappa shape index (κ2) is 6.13. The lowest BCUT2D eigenvalue weighted by Gasteiger charge is -2.19. The molecule has 1 aromatic rings. The number of halogens is 1. The van der Waals surface area contributed by atoms with Crippen LogP contribution in [0.5, 0.6) is 11.5 Å². The number of hydrogen-bond donors (Lipinski definition) is 1. The van der Waals surface area contributed by atoms with Crippen LogP contribution in [0.1, 0.15) is 24.8 Å². The van der Waals surface area contributed by atoms with E-state index in [0.29, 0.717) is 24.0 Å². The molecule has 2 bridgehead atoms. The average molecular weight is 320 g/mol. The minimum atomic E-state index is 0.652. The molecule has 0 amide bonds. The summed E-state index contributed by atoms with van der Waals surface area (Å²) in [6.45, 7) is 3.27. The van der Waals surface area contributed by atoms with Gasteiger partial charge in [-0.15, -0.1) is 0 Å². The van der Waals surface area contributed by atoms with Crippen LogP contribution in [0.2, 0.25) is 5.02 Å². The third-order valence-corrected chi connectivity index (χ3v) is 5.29. The lowest BCUT2D eigenvalue weighted by molar-refractivity contribution is 0.297. The molecule has 1 aliphatic heterocycles. The Morgan fingerprint density at radius 1 is 1.14 bits per heavy atom. The van der Waals surface area contributed by atoms with Gasteiger partial charge in [-0.1, -0.05) is 23.8 Å². The molecule has 1 aromatic carbocycles. The Morgan fingerprint density at radius 2 is 2.05 bits per heavy atom. The van der Waals surface area contributed by atoms with Gasteiger partial charge in [-0.2, -0.15) is 0 Å². The van der Waals surface area contributed by atoms with Crippen molar-refractivity contribution in [3.8, 4) is 11.5 Å². The molecule has 0 radical (unpaired) electrons. The summed E-state index contributed by atoms with van der Waals surface area (Å²) in [4.78, 5) is 0. The molecule has 0 unspecified atom stereocenters. The van der Waals surface area contributed by atoms with Crippen molar-refractivity contribution in [1.82, 2.24) is 5.32 Å². The van der Waals surface area contributed by atoms with Crippen LogP contribution >= 0.6 is 11.6 Å². The maximum Gasteiger partial charge on any atom is 0.179 e. The minimum Gasteiger partial charge on any atom is -0.489 e. The zero-order chi connectivity index (χ0) is 14.9. The Labute approximate surface area is 136 Å². The average Bonchev–Trinajstić information content (AvgIpc) is 3.04. The summed E-state index contributed by atoms with van der Waals surface area (Å²) in [5.74, 6) is 3.91. The van der Waals surface area contributed by atoms with Crippen molar-refractivity contribution >= 4 is 11.6 Å². The van der Waals surface area contributed by atoms with Gasteiger partial charge in [-0.3, -0.25) is 0 Å². The quantitative estimate of drug-likeness (QED) is 0.856. The van der Waals surface area contributed by atoms with Gasteiger partial charge in [0.05, 0.1) is 18.2 Å². The number of nitrogens with one attached hydrogen (secondary N) is 1. The number of ether oxygens (including phenoxy) is 2. The minimum absolute atomic E-state index is 0.652. The van der Waals surface area contributed by atoms with E-state index >= 15 is 0 Å². The third kappa shape index (κ3) is 2.84. The monoisotopic (exact) mass is 319 g/mol. The van der Waals surface area contributed by atoms with Crippen LogP contribution in [0.25, 0.3) is 0 Å². The van der Waals surface area contributed by atoms with Crippen molar-refractivity contribution in [2.75, 3.05) is 19.8 Å². The Bertz CT molecular complexity index is 587. The van der Waals surface area contributed by atoms with Crippen molar-refractivity contribution in [1.29, 1.82) is 0 Å². The molecule has 3 aliphatic rings. The first-order valence-electron chi connectivity index (χ1n) is 8.26. The van der Waals surface area contributed by atoms with Crippen LogP contribution in [-0.2, 0) is 6.54 Å². The zero-order valence-electron chi connectivity index (χ0n) is 12.7. The second-order valence-electron chi connectivity index (χ2n) is 6.63. The number of benzene rings is 1. The maximum absolute atomic E-state index is 6.34. The van der Waals surface area contributed by atoms with Crippen molar-refractivity contribution in [3.63, 3.8) is 0 Å². The first-order valence-corrected chi connectivity index (χ1v) is 8.64. The summed E-state index contributed by atoms with van der Waals surface area (Å²) in [6, 6.07) is 4.04. The van der Waals surface area contributed by atoms with E-state index in [0.717, 1.165) is 48.6 Å². The molecular formula is C18H22ClNO2. The molecule has 2 aliphatic carbocycles. The van der Waals surface area contributed by atoms with Crippen molar-refractivity contribution in [2.45, 2.75) is 25.8 Å². The van der Waals surface area contributed by atoms with Gasteiger partial charge < -0.3 is 14.8 Å². The number of allylic oxidation sites excluding steroid dienone is 2. The van der Waals surface area contributed by atoms with E-state index in [-0.39, 0.29) is 0 Å². The molecule has 1 fully saturated rings. The molecule has 1 heterocycles. The topological polar surface area (TPSA) is 30.5 Å². The predicted molar refractivity (Wildman–Crippen MR) is 87.6 cm³/mol. The van der Waals surface area contributed by atoms with Crippen LogP contribution in [0.3, 0.4) is 0 Å². The van der Waals surface area contributed by atoms with Gasteiger partial charge in [-0.25, -0.2) is 0 Å².